The number of nitrogens with zero attached hydrogens (tertiary/aromatic N) is 2. The van der Waals surface area contributed by atoms with E-state index >= 15 is 0 Å². The van der Waals surface area contributed by atoms with Gasteiger partial charge in [-0.15, -0.1) is 11.3 Å². The average Bonchev–Trinajstić information content (AvgIpc) is 2.81. The fourth-order valence-electron chi connectivity index (χ4n) is 1.79. The lowest BCUT2D eigenvalue weighted by atomic mass is 10.2. The maximum absolute atomic E-state index is 5.83. The molecule has 0 aliphatic rings. The molecule has 4 heteroatoms. The molecule has 0 unspecified atom stereocenters. The number of nitrogen functional groups attached to an aromatic ring is 1. The van der Waals surface area contributed by atoms with Crippen LogP contribution in [0.1, 0.15) is 18.4 Å². The molecule has 17 heavy (non-hydrogen) atoms. The lowest BCUT2D eigenvalue weighted by molar-refractivity contribution is 0.764. The summed E-state index contributed by atoms with van der Waals surface area (Å²) in [7, 11) is 0. The van der Waals surface area contributed by atoms with Gasteiger partial charge in [0.25, 0.3) is 0 Å². The van der Waals surface area contributed by atoms with Crippen molar-refractivity contribution < 1.29 is 0 Å². The van der Waals surface area contributed by atoms with Gasteiger partial charge < -0.3 is 10.6 Å². The van der Waals surface area contributed by atoms with Gasteiger partial charge in [0.05, 0.1) is 6.54 Å². The molecule has 0 atom stereocenters. The number of nitrogens with two attached hydrogens (primary N) is 1. The lowest BCUT2D eigenvalue weighted by Gasteiger charge is -2.23. The molecule has 0 bridgehead atoms. The number of benzene rings is 1. The first-order valence-electron chi connectivity index (χ1n) is 5.78. The normalized spacial score (nSPS) is 10.4. The summed E-state index contributed by atoms with van der Waals surface area (Å²) in [4.78, 5) is 6.65. The van der Waals surface area contributed by atoms with Gasteiger partial charge in [-0.05, 0) is 24.6 Å². The molecule has 0 fully saturated rings. The number of hydrogen-bond acceptors (Lipinski definition) is 4. The molecule has 1 heterocycles. The van der Waals surface area contributed by atoms with Gasteiger partial charge in [0.15, 0.2) is 0 Å². The summed E-state index contributed by atoms with van der Waals surface area (Å²) in [6.07, 6.45) is 2.96. The number of thiazole rings is 1. The Morgan fingerprint density at radius 1 is 1.41 bits per heavy atom. The standard InChI is InChI=1S/C13H17N3S/c1-2-7-16(10-13-15-6-8-17-13)12-5-3-4-11(14)9-12/h3-6,8-9H,2,7,10,14H2,1H3. The van der Waals surface area contributed by atoms with Crippen LogP contribution in [-0.2, 0) is 6.54 Å². The molecule has 0 radical (unpaired) electrons. The predicted octanol–water partition coefficient (Wildman–Crippen LogP) is 3.14. The van der Waals surface area contributed by atoms with E-state index in [9.17, 15) is 0 Å². The van der Waals surface area contributed by atoms with E-state index in [2.05, 4.69) is 22.9 Å². The molecule has 0 amide bonds. The van der Waals surface area contributed by atoms with Crippen LogP contribution in [0.5, 0.6) is 0 Å². The van der Waals surface area contributed by atoms with Gasteiger partial charge in [-0.25, -0.2) is 4.98 Å². The third-order valence-corrected chi connectivity index (χ3v) is 3.30. The van der Waals surface area contributed by atoms with Crippen molar-refractivity contribution in [3.8, 4) is 0 Å². The first-order chi connectivity index (χ1) is 8.29. The summed E-state index contributed by atoms with van der Waals surface area (Å²) in [6.45, 7) is 4.05. The minimum atomic E-state index is 0.808. The second kappa shape index (κ2) is 5.68. The van der Waals surface area contributed by atoms with Crippen molar-refractivity contribution in [1.82, 2.24) is 4.98 Å². The zero-order valence-electron chi connectivity index (χ0n) is 9.97. The summed E-state index contributed by atoms with van der Waals surface area (Å²) in [5.41, 5.74) is 7.80. The second-order valence-corrected chi connectivity index (χ2v) is 4.92. The molecule has 3 nitrogen and oxygen atoms in total. The summed E-state index contributed by atoms with van der Waals surface area (Å²) in [6, 6.07) is 8.02. The van der Waals surface area contributed by atoms with Crippen molar-refractivity contribution in [3.63, 3.8) is 0 Å². The van der Waals surface area contributed by atoms with Gasteiger partial charge >= 0.3 is 0 Å². The Morgan fingerprint density at radius 3 is 2.94 bits per heavy atom. The van der Waals surface area contributed by atoms with Crippen molar-refractivity contribution in [2.45, 2.75) is 19.9 Å². The van der Waals surface area contributed by atoms with E-state index in [0.717, 1.165) is 30.2 Å². The Balaban J connectivity index is 2.16. The van der Waals surface area contributed by atoms with Crippen LogP contribution < -0.4 is 10.6 Å². The summed E-state index contributed by atoms with van der Waals surface area (Å²) in [5, 5.41) is 3.15. The fraction of sp³-hybridized carbons (Fsp3) is 0.308. The fourth-order valence-corrected chi connectivity index (χ4v) is 2.42. The van der Waals surface area contributed by atoms with Crippen LogP contribution >= 0.6 is 11.3 Å². The van der Waals surface area contributed by atoms with Gasteiger partial charge in [0.2, 0.25) is 0 Å². The predicted molar refractivity (Wildman–Crippen MR) is 74.3 cm³/mol. The number of rotatable bonds is 5. The van der Waals surface area contributed by atoms with Crippen molar-refractivity contribution >= 4 is 22.7 Å². The largest absolute Gasteiger partial charge is 0.399 e. The van der Waals surface area contributed by atoms with E-state index in [0.29, 0.717) is 0 Å². The van der Waals surface area contributed by atoms with Gasteiger partial charge in [-0.2, -0.15) is 0 Å². The van der Waals surface area contributed by atoms with E-state index in [-0.39, 0.29) is 0 Å². The first-order valence-corrected chi connectivity index (χ1v) is 6.66. The molecule has 1 aromatic carbocycles. The SMILES string of the molecule is CCCN(Cc1nccs1)c1cccc(N)c1. The van der Waals surface area contributed by atoms with Crippen molar-refractivity contribution in [2.75, 3.05) is 17.2 Å². The van der Waals surface area contributed by atoms with Crippen LogP contribution in [0.25, 0.3) is 0 Å². The Labute approximate surface area is 106 Å². The molecule has 2 N–H and O–H groups in total. The number of aromatic nitrogens is 1. The minimum absolute atomic E-state index is 0.808. The zero-order valence-corrected chi connectivity index (χ0v) is 10.8. The molecular weight excluding hydrogens is 230 g/mol. The molecule has 0 aliphatic carbocycles. The van der Waals surface area contributed by atoms with Crippen LogP contribution in [0, 0.1) is 0 Å². The van der Waals surface area contributed by atoms with Gasteiger partial charge in [-0.3, -0.25) is 0 Å². The van der Waals surface area contributed by atoms with E-state index in [1.54, 1.807) is 11.3 Å². The molecule has 0 saturated heterocycles. The third-order valence-electron chi connectivity index (χ3n) is 2.54. The van der Waals surface area contributed by atoms with E-state index in [4.69, 9.17) is 5.73 Å². The van der Waals surface area contributed by atoms with Gasteiger partial charge in [0.1, 0.15) is 5.01 Å². The van der Waals surface area contributed by atoms with Crippen LogP contribution in [-0.4, -0.2) is 11.5 Å². The summed E-state index contributed by atoms with van der Waals surface area (Å²) >= 11 is 1.69. The molecule has 2 aromatic rings. The zero-order chi connectivity index (χ0) is 12.1. The Hall–Kier alpha value is -1.55. The molecule has 0 spiro atoms. The highest BCUT2D eigenvalue weighted by atomic mass is 32.1. The molecule has 0 saturated carbocycles. The third kappa shape index (κ3) is 3.20. The Bertz CT molecular complexity index is 453. The van der Waals surface area contributed by atoms with Crippen molar-refractivity contribution in [1.29, 1.82) is 0 Å². The number of anilines is 2. The Morgan fingerprint density at radius 2 is 2.29 bits per heavy atom. The molecule has 90 valence electrons. The van der Waals surface area contributed by atoms with Crippen LogP contribution in [0.15, 0.2) is 35.8 Å². The summed E-state index contributed by atoms with van der Waals surface area (Å²) in [5.74, 6) is 0. The summed E-state index contributed by atoms with van der Waals surface area (Å²) < 4.78 is 0. The van der Waals surface area contributed by atoms with E-state index in [1.807, 2.05) is 29.8 Å². The maximum atomic E-state index is 5.83. The smallest absolute Gasteiger partial charge is 0.112 e. The highest BCUT2D eigenvalue weighted by molar-refractivity contribution is 7.09. The number of hydrogen-bond donors (Lipinski definition) is 1. The van der Waals surface area contributed by atoms with Crippen LogP contribution in [0.4, 0.5) is 11.4 Å². The van der Waals surface area contributed by atoms with Crippen LogP contribution in [0.2, 0.25) is 0 Å². The molecule has 0 aliphatic heterocycles. The molecule has 2 rings (SSSR count). The van der Waals surface area contributed by atoms with Crippen LogP contribution in [0.3, 0.4) is 0 Å². The van der Waals surface area contributed by atoms with Crippen molar-refractivity contribution in [2.24, 2.45) is 0 Å². The topological polar surface area (TPSA) is 42.2 Å². The van der Waals surface area contributed by atoms with Gasteiger partial charge in [0, 0.05) is 29.5 Å². The van der Waals surface area contributed by atoms with E-state index < -0.39 is 0 Å². The quantitative estimate of drug-likeness (QED) is 0.825. The van der Waals surface area contributed by atoms with Crippen molar-refractivity contribution in [3.05, 3.63) is 40.8 Å². The first kappa shape index (κ1) is 11.9. The molecule has 1 aromatic heterocycles. The minimum Gasteiger partial charge on any atom is -0.399 e. The second-order valence-electron chi connectivity index (χ2n) is 3.94. The van der Waals surface area contributed by atoms with E-state index in [1.165, 1.54) is 5.69 Å². The monoisotopic (exact) mass is 247 g/mol. The van der Waals surface area contributed by atoms with Gasteiger partial charge in [-0.1, -0.05) is 13.0 Å². The highest BCUT2D eigenvalue weighted by Crippen LogP contribution is 2.20. The average molecular weight is 247 g/mol. The molecular formula is C13H17N3S. The highest BCUT2D eigenvalue weighted by Gasteiger charge is 2.08. The lowest BCUT2D eigenvalue weighted by Crippen LogP contribution is -2.23. The maximum Gasteiger partial charge on any atom is 0.112 e. The Kier molecular flexibility index (Phi) is 3.98.